The summed E-state index contributed by atoms with van der Waals surface area (Å²) in [5.74, 6) is 0. The van der Waals surface area contributed by atoms with Gasteiger partial charge in [-0.15, -0.1) is 0 Å². The van der Waals surface area contributed by atoms with E-state index in [1.165, 1.54) is 17.8 Å². The molecule has 3 atom stereocenters. The Morgan fingerprint density at radius 3 is 2.88 bits per heavy atom. The molecule has 0 amide bonds. The average molecular weight is 227 g/mol. The summed E-state index contributed by atoms with van der Waals surface area (Å²) in [4.78, 5) is 10.6. The minimum Gasteiger partial charge on any atom is -0.493 e. The second kappa shape index (κ2) is 4.45. The highest BCUT2D eigenvalue weighted by Gasteiger charge is 2.46. The van der Waals surface area contributed by atoms with Crippen molar-refractivity contribution in [2.75, 3.05) is 13.2 Å². The van der Waals surface area contributed by atoms with Crippen molar-refractivity contribution in [1.29, 1.82) is 0 Å². The molecule has 2 rings (SSSR count). The highest BCUT2D eigenvalue weighted by molar-refractivity contribution is 4.92. The number of hydrogen-bond donors (Lipinski definition) is 0. The molecule has 2 aliphatic heterocycles. The van der Waals surface area contributed by atoms with Gasteiger partial charge in [-0.25, -0.2) is 0 Å². The lowest BCUT2D eigenvalue weighted by atomic mass is 9.93. The number of rotatable bonds is 4. The Kier molecular flexibility index (Phi) is 3.18. The minimum atomic E-state index is -0.368. The quantitative estimate of drug-likeness (QED) is 0.679. The summed E-state index contributed by atoms with van der Waals surface area (Å²) >= 11 is 0. The third-order valence-electron chi connectivity index (χ3n) is 2.79. The van der Waals surface area contributed by atoms with E-state index in [-0.39, 0.29) is 17.8 Å². The molecule has 0 aromatic heterocycles. The first-order valence-electron chi connectivity index (χ1n) is 5.29. The lowest BCUT2D eigenvalue weighted by molar-refractivity contribution is -0.331. The van der Waals surface area contributed by atoms with Crippen molar-refractivity contribution in [3.05, 3.63) is 25.7 Å². The predicted molar refractivity (Wildman–Crippen MR) is 56.9 cm³/mol. The molecule has 0 bridgehead atoms. The third-order valence-corrected chi connectivity index (χ3v) is 2.79. The van der Waals surface area contributed by atoms with E-state index in [0.29, 0.717) is 13.2 Å². The SMILES string of the molecule is C=CON1CC2OCC(C)(OC=C)CC2O1. The van der Waals surface area contributed by atoms with Gasteiger partial charge in [0.2, 0.25) is 0 Å². The van der Waals surface area contributed by atoms with Crippen LogP contribution in [0.25, 0.3) is 0 Å². The zero-order valence-corrected chi connectivity index (χ0v) is 9.43. The van der Waals surface area contributed by atoms with Gasteiger partial charge < -0.3 is 14.3 Å². The average Bonchev–Trinajstić information content (AvgIpc) is 2.59. The molecule has 3 unspecified atom stereocenters. The van der Waals surface area contributed by atoms with Crippen LogP contribution >= 0.6 is 0 Å². The molecule has 2 saturated heterocycles. The maximum atomic E-state index is 5.69. The van der Waals surface area contributed by atoms with E-state index < -0.39 is 0 Å². The summed E-state index contributed by atoms with van der Waals surface area (Å²) in [5, 5.41) is 1.39. The van der Waals surface area contributed by atoms with Gasteiger partial charge in [0.1, 0.15) is 24.1 Å². The molecule has 2 heterocycles. The lowest BCUT2D eigenvalue weighted by Crippen LogP contribution is -2.47. The predicted octanol–water partition coefficient (Wildman–Crippen LogP) is 1.39. The summed E-state index contributed by atoms with van der Waals surface area (Å²) in [7, 11) is 0. The van der Waals surface area contributed by atoms with E-state index in [1.807, 2.05) is 6.92 Å². The Bertz CT molecular complexity index is 283. The molecule has 0 aromatic rings. The molecule has 0 N–H and O–H groups in total. The van der Waals surface area contributed by atoms with E-state index in [2.05, 4.69) is 13.2 Å². The lowest BCUT2D eigenvalue weighted by Gasteiger charge is -2.37. The highest BCUT2D eigenvalue weighted by Crippen LogP contribution is 2.33. The van der Waals surface area contributed by atoms with Crippen LogP contribution in [0.1, 0.15) is 13.3 Å². The number of hydroxylamine groups is 2. The van der Waals surface area contributed by atoms with Crippen molar-refractivity contribution < 1.29 is 19.1 Å². The standard InChI is InChI=1S/C11H17NO4/c1-4-14-11(3)6-9-10(13-8-11)7-12(16-9)15-5-2/h4-5,9-10H,1-2,6-8H2,3H3. The van der Waals surface area contributed by atoms with Crippen molar-refractivity contribution in [1.82, 2.24) is 5.23 Å². The number of nitrogens with zero attached hydrogens (tertiary/aromatic N) is 1. The molecule has 16 heavy (non-hydrogen) atoms. The van der Waals surface area contributed by atoms with Crippen LogP contribution in [0.4, 0.5) is 0 Å². The zero-order valence-electron chi connectivity index (χ0n) is 9.43. The fourth-order valence-electron chi connectivity index (χ4n) is 2.06. The molecule has 2 fully saturated rings. The van der Waals surface area contributed by atoms with E-state index in [4.69, 9.17) is 19.1 Å². The molecule has 0 saturated carbocycles. The van der Waals surface area contributed by atoms with Crippen molar-refractivity contribution in [2.45, 2.75) is 31.2 Å². The maximum absolute atomic E-state index is 5.69. The Balaban J connectivity index is 1.95. The Labute approximate surface area is 95.1 Å². The van der Waals surface area contributed by atoms with Crippen LogP contribution in [-0.4, -0.2) is 36.2 Å². The van der Waals surface area contributed by atoms with Gasteiger partial charge >= 0.3 is 0 Å². The summed E-state index contributed by atoms with van der Waals surface area (Å²) in [6.07, 6.45) is 3.51. The Hall–Kier alpha value is -1.04. The fourth-order valence-corrected chi connectivity index (χ4v) is 2.06. The van der Waals surface area contributed by atoms with Crippen LogP contribution in [0.5, 0.6) is 0 Å². The maximum Gasteiger partial charge on any atom is 0.131 e. The number of fused-ring (bicyclic) bond motifs is 1. The van der Waals surface area contributed by atoms with Crippen LogP contribution in [-0.2, 0) is 19.1 Å². The van der Waals surface area contributed by atoms with Crippen LogP contribution in [0.15, 0.2) is 25.7 Å². The number of ether oxygens (including phenoxy) is 2. The van der Waals surface area contributed by atoms with Crippen LogP contribution in [0, 0.1) is 0 Å². The summed E-state index contributed by atoms with van der Waals surface area (Å²) in [6, 6.07) is 0. The topological polar surface area (TPSA) is 40.2 Å². The molecule has 90 valence electrons. The van der Waals surface area contributed by atoms with Gasteiger partial charge in [-0.2, -0.15) is 0 Å². The van der Waals surface area contributed by atoms with Crippen LogP contribution < -0.4 is 0 Å². The summed E-state index contributed by atoms with van der Waals surface area (Å²) < 4.78 is 11.1. The molecule has 0 aliphatic carbocycles. The Morgan fingerprint density at radius 2 is 2.19 bits per heavy atom. The minimum absolute atomic E-state index is 0.0291. The van der Waals surface area contributed by atoms with Gasteiger partial charge in [0.15, 0.2) is 0 Å². The van der Waals surface area contributed by atoms with Gasteiger partial charge in [0, 0.05) is 6.42 Å². The van der Waals surface area contributed by atoms with Gasteiger partial charge in [0.05, 0.1) is 19.4 Å². The monoisotopic (exact) mass is 227 g/mol. The second-order valence-corrected chi connectivity index (χ2v) is 4.22. The molecule has 0 radical (unpaired) electrons. The highest BCUT2D eigenvalue weighted by atomic mass is 17.0. The van der Waals surface area contributed by atoms with Crippen molar-refractivity contribution in [3.8, 4) is 0 Å². The molecule has 0 spiro atoms. The first kappa shape index (κ1) is 11.4. The molecular weight excluding hydrogens is 210 g/mol. The smallest absolute Gasteiger partial charge is 0.131 e. The van der Waals surface area contributed by atoms with E-state index >= 15 is 0 Å². The summed E-state index contributed by atoms with van der Waals surface area (Å²) in [5.41, 5.74) is -0.368. The van der Waals surface area contributed by atoms with Crippen LogP contribution in [0.2, 0.25) is 0 Å². The number of hydrogen-bond acceptors (Lipinski definition) is 5. The van der Waals surface area contributed by atoms with E-state index in [9.17, 15) is 0 Å². The molecular formula is C11H17NO4. The van der Waals surface area contributed by atoms with Gasteiger partial charge in [-0.1, -0.05) is 13.2 Å². The van der Waals surface area contributed by atoms with Crippen LogP contribution in [0.3, 0.4) is 0 Å². The molecule has 5 heteroatoms. The first-order valence-corrected chi connectivity index (χ1v) is 5.29. The van der Waals surface area contributed by atoms with Gasteiger partial charge in [0.25, 0.3) is 0 Å². The van der Waals surface area contributed by atoms with E-state index in [0.717, 1.165) is 6.42 Å². The zero-order chi connectivity index (χ0) is 11.6. The second-order valence-electron chi connectivity index (χ2n) is 4.22. The molecule has 5 nitrogen and oxygen atoms in total. The largest absolute Gasteiger partial charge is 0.493 e. The van der Waals surface area contributed by atoms with Gasteiger partial charge in [-0.3, -0.25) is 4.84 Å². The van der Waals surface area contributed by atoms with Crippen molar-refractivity contribution >= 4 is 0 Å². The third kappa shape index (κ3) is 2.21. The fraction of sp³-hybridized carbons (Fsp3) is 0.636. The molecule has 0 aromatic carbocycles. The van der Waals surface area contributed by atoms with Crippen molar-refractivity contribution in [2.24, 2.45) is 0 Å². The normalized spacial score (nSPS) is 38.8. The van der Waals surface area contributed by atoms with E-state index in [1.54, 1.807) is 0 Å². The van der Waals surface area contributed by atoms with Crippen molar-refractivity contribution in [3.63, 3.8) is 0 Å². The first-order chi connectivity index (χ1) is 7.67. The summed E-state index contributed by atoms with van der Waals surface area (Å²) in [6.45, 7) is 10.1. The Morgan fingerprint density at radius 1 is 1.38 bits per heavy atom. The molecule has 2 aliphatic rings. The van der Waals surface area contributed by atoms with Gasteiger partial charge in [-0.05, 0) is 12.2 Å².